The van der Waals surface area contributed by atoms with Gasteiger partial charge in [-0.2, -0.15) is 0 Å². The molecule has 0 bridgehead atoms. The van der Waals surface area contributed by atoms with Crippen LogP contribution < -0.4 is 10.6 Å². The Morgan fingerprint density at radius 2 is 1.83 bits per heavy atom. The van der Waals surface area contributed by atoms with Gasteiger partial charge in [0, 0.05) is 44.7 Å². The summed E-state index contributed by atoms with van der Waals surface area (Å²) >= 11 is 0. The fraction of sp³-hybridized carbons (Fsp3) is 0.944. The lowest BCUT2D eigenvalue weighted by Gasteiger charge is -2.59. The molecule has 2 unspecified atom stereocenters. The number of likely N-dealkylation sites (tertiary alicyclic amines) is 1. The second-order valence-electron chi connectivity index (χ2n) is 7.89. The fourth-order valence-corrected chi connectivity index (χ4v) is 3.87. The fourth-order valence-electron chi connectivity index (χ4n) is 3.87. The summed E-state index contributed by atoms with van der Waals surface area (Å²) in [4.78, 5) is 7.00. The molecule has 24 heavy (non-hydrogen) atoms. The highest BCUT2D eigenvalue weighted by Crippen LogP contribution is 2.51. The number of nitrogens with one attached hydrogen (secondary N) is 2. The first-order chi connectivity index (χ1) is 10.9. The van der Waals surface area contributed by atoms with Crippen LogP contribution in [-0.2, 0) is 4.74 Å². The van der Waals surface area contributed by atoms with Gasteiger partial charge in [0.1, 0.15) is 0 Å². The summed E-state index contributed by atoms with van der Waals surface area (Å²) in [6.45, 7) is 12.6. The van der Waals surface area contributed by atoms with Gasteiger partial charge in [0.2, 0.25) is 0 Å². The van der Waals surface area contributed by atoms with Crippen molar-refractivity contribution in [3.05, 3.63) is 0 Å². The Morgan fingerprint density at radius 3 is 2.29 bits per heavy atom. The van der Waals surface area contributed by atoms with E-state index in [-0.39, 0.29) is 35.0 Å². The van der Waals surface area contributed by atoms with E-state index in [1.165, 1.54) is 38.9 Å². The van der Waals surface area contributed by atoms with Gasteiger partial charge in [-0.15, -0.1) is 24.0 Å². The average molecular weight is 452 g/mol. The van der Waals surface area contributed by atoms with E-state index in [1.807, 2.05) is 14.2 Å². The monoisotopic (exact) mass is 452 g/mol. The molecular weight excluding hydrogens is 415 g/mol. The predicted octanol–water partition coefficient (Wildman–Crippen LogP) is 2.85. The van der Waals surface area contributed by atoms with Crippen LogP contribution in [0.1, 0.15) is 53.4 Å². The maximum absolute atomic E-state index is 5.71. The molecule has 2 fully saturated rings. The van der Waals surface area contributed by atoms with E-state index in [1.54, 1.807) is 0 Å². The zero-order valence-corrected chi connectivity index (χ0v) is 18.6. The van der Waals surface area contributed by atoms with Crippen molar-refractivity contribution in [3.63, 3.8) is 0 Å². The molecule has 6 heteroatoms. The molecule has 0 spiro atoms. The molecule has 0 aromatic rings. The van der Waals surface area contributed by atoms with Crippen molar-refractivity contribution in [1.82, 2.24) is 15.5 Å². The van der Waals surface area contributed by atoms with Crippen molar-refractivity contribution >= 4 is 29.9 Å². The minimum absolute atomic E-state index is 0. The molecular formula is C18H37IN4O. The summed E-state index contributed by atoms with van der Waals surface area (Å²) in [6, 6.07) is 0.935. The molecule has 0 aromatic carbocycles. The zero-order valence-electron chi connectivity index (χ0n) is 16.3. The minimum atomic E-state index is -0.0466. The highest BCUT2D eigenvalue weighted by Gasteiger charge is 2.58. The molecule has 1 aliphatic carbocycles. The van der Waals surface area contributed by atoms with Crippen LogP contribution >= 0.6 is 24.0 Å². The van der Waals surface area contributed by atoms with E-state index in [0.29, 0.717) is 12.1 Å². The number of rotatable bonds is 5. The smallest absolute Gasteiger partial charge is 0.191 e. The van der Waals surface area contributed by atoms with E-state index >= 15 is 0 Å². The maximum atomic E-state index is 5.71. The third-order valence-corrected chi connectivity index (χ3v) is 6.28. The summed E-state index contributed by atoms with van der Waals surface area (Å²) in [5.74, 6) is 0.940. The van der Waals surface area contributed by atoms with E-state index in [0.717, 1.165) is 12.4 Å². The molecule has 2 atom stereocenters. The standard InChI is InChI=1S/C18H36N4O.HI/c1-7-10-22-11-8-14(9-12-22)20-16(19-5)21-15-13-18(4,23-6)17(15,2)3;/h14-15H,7-13H2,1-6H3,(H2,19,20,21);1H. The van der Waals surface area contributed by atoms with Crippen LogP contribution in [0.5, 0.6) is 0 Å². The van der Waals surface area contributed by atoms with Gasteiger partial charge >= 0.3 is 0 Å². The lowest BCUT2D eigenvalue weighted by atomic mass is 9.56. The maximum Gasteiger partial charge on any atom is 0.191 e. The van der Waals surface area contributed by atoms with E-state index in [4.69, 9.17) is 4.74 Å². The molecule has 2 N–H and O–H groups in total. The Morgan fingerprint density at radius 1 is 1.21 bits per heavy atom. The molecule has 2 rings (SSSR count). The van der Waals surface area contributed by atoms with E-state index < -0.39 is 0 Å². The van der Waals surface area contributed by atoms with Crippen molar-refractivity contribution in [3.8, 4) is 0 Å². The number of halogens is 1. The highest BCUT2D eigenvalue weighted by atomic mass is 127. The number of methoxy groups -OCH3 is 1. The van der Waals surface area contributed by atoms with Crippen LogP contribution in [0.3, 0.4) is 0 Å². The molecule has 0 radical (unpaired) electrons. The van der Waals surface area contributed by atoms with Crippen molar-refractivity contribution in [2.24, 2.45) is 10.4 Å². The van der Waals surface area contributed by atoms with Gasteiger partial charge in [0.25, 0.3) is 0 Å². The number of piperidine rings is 1. The Bertz CT molecular complexity index is 421. The summed E-state index contributed by atoms with van der Waals surface area (Å²) in [5, 5.41) is 7.23. The molecule has 2 aliphatic rings. The van der Waals surface area contributed by atoms with E-state index in [9.17, 15) is 0 Å². The largest absolute Gasteiger partial charge is 0.378 e. The van der Waals surface area contributed by atoms with Gasteiger partial charge in [-0.1, -0.05) is 20.8 Å². The van der Waals surface area contributed by atoms with Crippen molar-refractivity contribution in [1.29, 1.82) is 0 Å². The molecule has 0 amide bonds. The highest BCUT2D eigenvalue weighted by molar-refractivity contribution is 14.0. The summed E-state index contributed by atoms with van der Waals surface area (Å²) < 4.78 is 5.71. The summed E-state index contributed by atoms with van der Waals surface area (Å²) in [6.07, 6.45) is 4.66. The normalized spacial score (nSPS) is 31.1. The summed E-state index contributed by atoms with van der Waals surface area (Å²) in [5.41, 5.74) is 0.0544. The first kappa shape index (κ1) is 22.0. The van der Waals surface area contributed by atoms with Crippen molar-refractivity contribution in [2.45, 2.75) is 71.1 Å². The first-order valence-corrected chi connectivity index (χ1v) is 9.13. The SMILES string of the molecule is CCCN1CCC(NC(=NC)NC2CC(C)(OC)C2(C)C)CC1.I. The Balaban J connectivity index is 0.00000288. The van der Waals surface area contributed by atoms with Crippen LogP contribution in [0.4, 0.5) is 0 Å². The van der Waals surface area contributed by atoms with Gasteiger partial charge in [-0.05, 0) is 39.2 Å². The van der Waals surface area contributed by atoms with Crippen molar-refractivity contribution < 1.29 is 4.74 Å². The Labute approximate surface area is 165 Å². The summed E-state index contributed by atoms with van der Waals surface area (Å²) in [7, 11) is 3.68. The number of hydrogen-bond donors (Lipinski definition) is 2. The van der Waals surface area contributed by atoms with Crippen LogP contribution in [-0.4, -0.2) is 62.3 Å². The van der Waals surface area contributed by atoms with Gasteiger partial charge in [0.15, 0.2) is 5.96 Å². The Kier molecular flexibility index (Phi) is 8.26. The topological polar surface area (TPSA) is 48.9 Å². The van der Waals surface area contributed by atoms with Gasteiger partial charge in [0.05, 0.1) is 5.60 Å². The van der Waals surface area contributed by atoms with Gasteiger partial charge < -0.3 is 20.3 Å². The quantitative estimate of drug-likeness (QED) is 0.383. The Hall–Kier alpha value is -0.0800. The van der Waals surface area contributed by atoms with E-state index in [2.05, 4.69) is 48.2 Å². The zero-order chi connectivity index (χ0) is 17.1. The minimum Gasteiger partial charge on any atom is -0.378 e. The number of aliphatic imine (C=N–C) groups is 1. The molecule has 5 nitrogen and oxygen atoms in total. The van der Waals surface area contributed by atoms with Crippen LogP contribution in [0.2, 0.25) is 0 Å². The third kappa shape index (κ3) is 4.55. The third-order valence-electron chi connectivity index (χ3n) is 6.28. The molecule has 1 aliphatic heterocycles. The molecule has 0 aromatic heterocycles. The molecule has 1 saturated heterocycles. The van der Waals surface area contributed by atoms with Crippen molar-refractivity contribution in [2.75, 3.05) is 33.8 Å². The lowest BCUT2D eigenvalue weighted by molar-refractivity contribution is -0.176. The second kappa shape index (κ2) is 9.03. The van der Waals surface area contributed by atoms with Gasteiger partial charge in [-0.3, -0.25) is 4.99 Å². The first-order valence-electron chi connectivity index (χ1n) is 9.13. The molecule has 142 valence electrons. The predicted molar refractivity (Wildman–Crippen MR) is 112 cm³/mol. The number of nitrogens with zero attached hydrogens (tertiary/aromatic N) is 2. The molecule has 1 saturated carbocycles. The second-order valence-corrected chi connectivity index (χ2v) is 7.89. The van der Waals surface area contributed by atoms with Gasteiger partial charge in [-0.25, -0.2) is 0 Å². The van der Waals surface area contributed by atoms with Crippen LogP contribution in [0, 0.1) is 5.41 Å². The number of hydrogen-bond acceptors (Lipinski definition) is 3. The van der Waals surface area contributed by atoms with Crippen LogP contribution in [0.15, 0.2) is 4.99 Å². The average Bonchev–Trinajstić information content (AvgIpc) is 2.55. The van der Waals surface area contributed by atoms with Crippen LogP contribution in [0.25, 0.3) is 0 Å². The molecule has 1 heterocycles. The number of guanidine groups is 1. The number of ether oxygens (including phenoxy) is 1. The lowest BCUT2D eigenvalue weighted by Crippen LogP contribution is -2.69.